The van der Waals surface area contributed by atoms with Crippen LogP contribution in [-0.2, 0) is 4.74 Å². The van der Waals surface area contributed by atoms with Gasteiger partial charge in [-0.1, -0.05) is 19.1 Å². The normalized spacial score (nSPS) is 17.1. The van der Waals surface area contributed by atoms with E-state index in [4.69, 9.17) is 4.74 Å². The van der Waals surface area contributed by atoms with Crippen LogP contribution in [0.4, 0.5) is 9.18 Å². The maximum atomic E-state index is 13.0. The van der Waals surface area contributed by atoms with Gasteiger partial charge >= 0.3 is 6.03 Å². The summed E-state index contributed by atoms with van der Waals surface area (Å²) in [5.74, 6) is -0.262. The number of ether oxygens (including phenoxy) is 1. The standard InChI is InChI=1S/C17H26FN3O2/c1-3-16(14-4-6-15(18)7-5-14)19-17(22)21-10-8-20(9-11-21)12-13-23-2/h4-7,16H,3,8-13H2,1-2H3,(H,19,22)/t16-/m0/s1. The molecule has 1 atom stereocenters. The van der Waals surface area contributed by atoms with Gasteiger partial charge in [-0.2, -0.15) is 0 Å². The van der Waals surface area contributed by atoms with Crippen LogP contribution in [0.15, 0.2) is 24.3 Å². The molecule has 1 fully saturated rings. The number of methoxy groups -OCH3 is 1. The second kappa shape index (κ2) is 8.84. The van der Waals surface area contributed by atoms with Crippen molar-refractivity contribution >= 4 is 6.03 Å². The molecule has 0 aromatic heterocycles. The molecule has 0 bridgehead atoms. The van der Waals surface area contributed by atoms with E-state index in [1.54, 1.807) is 19.2 Å². The van der Waals surface area contributed by atoms with Crippen molar-refractivity contribution in [1.82, 2.24) is 15.1 Å². The Hall–Kier alpha value is -1.66. The fraction of sp³-hybridized carbons (Fsp3) is 0.588. The molecule has 1 aliphatic heterocycles. The van der Waals surface area contributed by atoms with Crippen molar-refractivity contribution < 1.29 is 13.9 Å². The summed E-state index contributed by atoms with van der Waals surface area (Å²) in [5.41, 5.74) is 0.931. The molecule has 1 aromatic carbocycles. The molecular formula is C17H26FN3O2. The third-order valence-electron chi connectivity index (χ3n) is 4.25. The summed E-state index contributed by atoms with van der Waals surface area (Å²) in [6.07, 6.45) is 0.769. The SMILES string of the molecule is CC[C@H](NC(=O)N1CCN(CCOC)CC1)c1ccc(F)cc1. The van der Waals surface area contributed by atoms with E-state index in [1.165, 1.54) is 12.1 Å². The van der Waals surface area contributed by atoms with Gasteiger partial charge < -0.3 is 15.0 Å². The maximum Gasteiger partial charge on any atom is 0.317 e. The van der Waals surface area contributed by atoms with Crippen molar-refractivity contribution in [2.75, 3.05) is 46.4 Å². The minimum atomic E-state index is -0.262. The van der Waals surface area contributed by atoms with Gasteiger partial charge in [0.1, 0.15) is 5.82 Å². The Balaban J connectivity index is 1.84. The van der Waals surface area contributed by atoms with Crippen molar-refractivity contribution in [2.45, 2.75) is 19.4 Å². The fourth-order valence-corrected chi connectivity index (χ4v) is 2.75. The number of hydrogen-bond donors (Lipinski definition) is 1. The number of urea groups is 1. The second-order valence-electron chi connectivity index (χ2n) is 5.78. The smallest absolute Gasteiger partial charge is 0.317 e. The highest BCUT2D eigenvalue weighted by Gasteiger charge is 2.22. The molecule has 0 unspecified atom stereocenters. The molecule has 6 heteroatoms. The zero-order valence-corrected chi connectivity index (χ0v) is 13.9. The van der Waals surface area contributed by atoms with Crippen LogP contribution in [0.25, 0.3) is 0 Å². The Morgan fingerprint density at radius 2 is 1.91 bits per heavy atom. The monoisotopic (exact) mass is 323 g/mol. The number of carbonyl (C=O) groups excluding carboxylic acids is 1. The molecule has 1 aliphatic rings. The molecule has 0 spiro atoms. The molecule has 2 rings (SSSR count). The highest BCUT2D eigenvalue weighted by Crippen LogP contribution is 2.17. The van der Waals surface area contributed by atoms with Crippen molar-refractivity contribution in [3.05, 3.63) is 35.6 Å². The quantitative estimate of drug-likeness (QED) is 0.873. The molecule has 1 heterocycles. The van der Waals surface area contributed by atoms with Gasteiger partial charge in [0.25, 0.3) is 0 Å². The van der Waals surface area contributed by atoms with Gasteiger partial charge in [-0.25, -0.2) is 9.18 Å². The Morgan fingerprint density at radius 1 is 1.26 bits per heavy atom. The minimum Gasteiger partial charge on any atom is -0.383 e. The van der Waals surface area contributed by atoms with Crippen LogP contribution in [0.5, 0.6) is 0 Å². The molecule has 0 saturated carbocycles. The summed E-state index contributed by atoms with van der Waals surface area (Å²) in [7, 11) is 1.70. The number of rotatable bonds is 6. The van der Waals surface area contributed by atoms with Crippen molar-refractivity contribution in [3.63, 3.8) is 0 Å². The molecule has 128 valence electrons. The largest absolute Gasteiger partial charge is 0.383 e. The van der Waals surface area contributed by atoms with E-state index < -0.39 is 0 Å². The highest BCUT2D eigenvalue weighted by atomic mass is 19.1. The van der Waals surface area contributed by atoms with E-state index in [-0.39, 0.29) is 17.9 Å². The van der Waals surface area contributed by atoms with Crippen LogP contribution in [0.2, 0.25) is 0 Å². The van der Waals surface area contributed by atoms with Crippen LogP contribution in [0.1, 0.15) is 24.9 Å². The van der Waals surface area contributed by atoms with Gasteiger partial charge in [0.2, 0.25) is 0 Å². The molecule has 5 nitrogen and oxygen atoms in total. The predicted octanol–water partition coefficient (Wildman–Crippen LogP) is 2.25. The predicted molar refractivity (Wildman–Crippen MR) is 87.9 cm³/mol. The lowest BCUT2D eigenvalue weighted by atomic mass is 10.0. The number of carbonyl (C=O) groups is 1. The number of halogens is 1. The van der Waals surface area contributed by atoms with Gasteiger partial charge in [0, 0.05) is 39.8 Å². The minimum absolute atomic E-state index is 0.0485. The van der Waals surface area contributed by atoms with Gasteiger partial charge in [-0.15, -0.1) is 0 Å². The number of hydrogen-bond acceptors (Lipinski definition) is 3. The molecule has 1 aromatic rings. The van der Waals surface area contributed by atoms with Crippen LogP contribution >= 0.6 is 0 Å². The second-order valence-corrected chi connectivity index (χ2v) is 5.78. The Kier molecular flexibility index (Phi) is 6.80. The molecule has 2 amide bonds. The number of nitrogens with one attached hydrogen (secondary N) is 1. The van der Waals surface area contributed by atoms with Gasteiger partial charge in [0.15, 0.2) is 0 Å². The zero-order chi connectivity index (χ0) is 16.7. The van der Waals surface area contributed by atoms with E-state index in [1.807, 2.05) is 11.8 Å². The Morgan fingerprint density at radius 3 is 2.48 bits per heavy atom. The van der Waals surface area contributed by atoms with Gasteiger partial charge in [-0.3, -0.25) is 4.90 Å². The lowest BCUT2D eigenvalue weighted by Gasteiger charge is -2.35. The average molecular weight is 323 g/mol. The fourth-order valence-electron chi connectivity index (χ4n) is 2.75. The summed E-state index contributed by atoms with van der Waals surface area (Å²) in [6.45, 7) is 6.80. The van der Waals surface area contributed by atoms with Crippen LogP contribution < -0.4 is 5.32 Å². The zero-order valence-electron chi connectivity index (χ0n) is 13.9. The number of amides is 2. The first-order valence-corrected chi connectivity index (χ1v) is 8.16. The molecule has 1 saturated heterocycles. The van der Waals surface area contributed by atoms with E-state index in [9.17, 15) is 9.18 Å². The summed E-state index contributed by atoms with van der Waals surface area (Å²) in [5, 5.41) is 3.05. The Labute approximate surface area is 137 Å². The van der Waals surface area contributed by atoms with E-state index in [0.717, 1.165) is 44.7 Å². The van der Waals surface area contributed by atoms with E-state index in [2.05, 4.69) is 10.2 Å². The Bertz CT molecular complexity index is 487. The third kappa shape index (κ3) is 5.18. The topological polar surface area (TPSA) is 44.8 Å². The molecule has 0 radical (unpaired) electrons. The number of benzene rings is 1. The summed E-state index contributed by atoms with van der Waals surface area (Å²) in [4.78, 5) is 16.6. The number of piperazine rings is 1. The van der Waals surface area contributed by atoms with Crippen LogP contribution in [-0.4, -0.2) is 62.3 Å². The molecule has 23 heavy (non-hydrogen) atoms. The van der Waals surface area contributed by atoms with Gasteiger partial charge in [0.05, 0.1) is 12.6 Å². The summed E-state index contributed by atoms with van der Waals surface area (Å²) >= 11 is 0. The molecular weight excluding hydrogens is 297 g/mol. The highest BCUT2D eigenvalue weighted by molar-refractivity contribution is 5.74. The summed E-state index contributed by atoms with van der Waals surface area (Å²) < 4.78 is 18.1. The number of nitrogens with zero attached hydrogens (tertiary/aromatic N) is 2. The molecule has 1 N–H and O–H groups in total. The van der Waals surface area contributed by atoms with Crippen molar-refractivity contribution in [2.24, 2.45) is 0 Å². The van der Waals surface area contributed by atoms with Gasteiger partial charge in [-0.05, 0) is 24.1 Å². The van der Waals surface area contributed by atoms with E-state index >= 15 is 0 Å². The lowest BCUT2D eigenvalue weighted by molar-refractivity contribution is 0.105. The third-order valence-corrected chi connectivity index (χ3v) is 4.25. The van der Waals surface area contributed by atoms with Crippen molar-refractivity contribution in [3.8, 4) is 0 Å². The van der Waals surface area contributed by atoms with Crippen LogP contribution in [0.3, 0.4) is 0 Å². The average Bonchev–Trinajstić information content (AvgIpc) is 2.59. The summed E-state index contributed by atoms with van der Waals surface area (Å²) in [6, 6.07) is 6.18. The van der Waals surface area contributed by atoms with Crippen LogP contribution in [0, 0.1) is 5.82 Å². The maximum absolute atomic E-state index is 13.0. The molecule has 0 aliphatic carbocycles. The lowest BCUT2D eigenvalue weighted by Crippen LogP contribution is -2.52. The van der Waals surface area contributed by atoms with E-state index in [0.29, 0.717) is 6.61 Å². The van der Waals surface area contributed by atoms with Crippen molar-refractivity contribution in [1.29, 1.82) is 0 Å². The first-order valence-electron chi connectivity index (χ1n) is 8.16. The first-order chi connectivity index (χ1) is 11.1. The first kappa shape index (κ1) is 17.7.